The van der Waals surface area contributed by atoms with E-state index in [1.807, 2.05) is 12.1 Å². The van der Waals surface area contributed by atoms with Crippen LogP contribution in [0.1, 0.15) is 5.56 Å². The Labute approximate surface area is 127 Å². The molecule has 0 heterocycles. The molecule has 0 atom stereocenters. The molecule has 7 heteroatoms. The summed E-state index contributed by atoms with van der Waals surface area (Å²) in [4.78, 5) is -0.0579. The van der Waals surface area contributed by atoms with Gasteiger partial charge >= 0.3 is 0 Å². The fourth-order valence-electron chi connectivity index (χ4n) is 1.75. The molecule has 112 valence electrons. The average Bonchev–Trinajstić information content (AvgIpc) is 2.44. The zero-order chi connectivity index (χ0) is 15.5. The van der Waals surface area contributed by atoms with Crippen LogP contribution in [0.15, 0.2) is 47.4 Å². The normalized spacial score (nSPS) is 11.5. The van der Waals surface area contributed by atoms with E-state index in [0.717, 1.165) is 17.7 Å². The molecule has 0 aliphatic carbocycles. The van der Waals surface area contributed by atoms with Gasteiger partial charge in [0.2, 0.25) is 10.0 Å². The van der Waals surface area contributed by atoms with Crippen LogP contribution in [0.25, 0.3) is 0 Å². The second-order valence-corrected chi connectivity index (χ2v) is 6.66. The van der Waals surface area contributed by atoms with Crippen molar-refractivity contribution in [2.45, 2.75) is 11.3 Å². The Morgan fingerprint density at radius 2 is 1.81 bits per heavy atom. The third-order valence-corrected chi connectivity index (χ3v) is 4.61. The van der Waals surface area contributed by atoms with E-state index < -0.39 is 15.8 Å². The van der Waals surface area contributed by atoms with E-state index in [-0.39, 0.29) is 17.1 Å². The molecule has 0 spiro atoms. The van der Waals surface area contributed by atoms with E-state index >= 15 is 0 Å². The number of nitrogen functional groups attached to an aromatic ring is 1. The lowest BCUT2D eigenvalue weighted by Gasteiger charge is -2.08. The molecular formula is C14H14ClFN2O2S. The van der Waals surface area contributed by atoms with Gasteiger partial charge in [-0.3, -0.25) is 0 Å². The maximum Gasteiger partial charge on any atom is 0.240 e. The minimum absolute atomic E-state index is 0.0579. The predicted molar refractivity (Wildman–Crippen MR) is 81.2 cm³/mol. The largest absolute Gasteiger partial charge is 0.396 e. The van der Waals surface area contributed by atoms with Gasteiger partial charge in [0.05, 0.1) is 10.6 Å². The first kappa shape index (κ1) is 15.8. The van der Waals surface area contributed by atoms with Crippen molar-refractivity contribution >= 4 is 27.3 Å². The summed E-state index contributed by atoms with van der Waals surface area (Å²) >= 11 is 5.77. The lowest BCUT2D eigenvalue weighted by molar-refractivity contribution is 0.581. The standard InChI is InChI=1S/C14H14ClFN2O2S/c15-11-3-1-10(2-4-11)7-8-18-21(19,20)12-5-6-13(16)14(17)9-12/h1-6,9,18H,7-8,17H2. The second-order valence-electron chi connectivity index (χ2n) is 4.46. The highest BCUT2D eigenvalue weighted by Crippen LogP contribution is 2.16. The Kier molecular flexibility index (Phi) is 4.82. The van der Waals surface area contributed by atoms with Gasteiger partial charge < -0.3 is 5.73 Å². The van der Waals surface area contributed by atoms with Gasteiger partial charge in [-0.1, -0.05) is 23.7 Å². The molecule has 0 amide bonds. The Hall–Kier alpha value is -1.63. The third-order valence-electron chi connectivity index (χ3n) is 2.90. The number of nitrogens with one attached hydrogen (secondary N) is 1. The first-order valence-electron chi connectivity index (χ1n) is 6.17. The van der Waals surface area contributed by atoms with E-state index in [9.17, 15) is 12.8 Å². The van der Waals surface area contributed by atoms with E-state index in [4.69, 9.17) is 17.3 Å². The quantitative estimate of drug-likeness (QED) is 0.829. The van der Waals surface area contributed by atoms with E-state index in [1.54, 1.807) is 12.1 Å². The zero-order valence-corrected chi connectivity index (χ0v) is 12.6. The number of anilines is 1. The van der Waals surface area contributed by atoms with Crippen LogP contribution in [0.5, 0.6) is 0 Å². The third kappa shape index (κ3) is 4.17. The van der Waals surface area contributed by atoms with Gasteiger partial charge in [0.15, 0.2) is 0 Å². The highest BCUT2D eigenvalue weighted by atomic mass is 35.5. The average molecular weight is 329 g/mol. The summed E-state index contributed by atoms with van der Waals surface area (Å²) < 4.78 is 39.5. The number of hydrogen-bond acceptors (Lipinski definition) is 3. The van der Waals surface area contributed by atoms with Crippen LogP contribution >= 0.6 is 11.6 Å². The number of benzene rings is 2. The maximum absolute atomic E-state index is 13.0. The summed E-state index contributed by atoms with van der Waals surface area (Å²) in [5, 5.41) is 0.626. The summed E-state index contributed by atoms with van der Waals surface area (Å²) in [6.07, 6.45) is 0.521. The number of hydrogen-bond donors (Lipinski definition) is 2. The summed E-state index contributed by atoms with van der Waals surface area (Å²) in [7, 11) is -3.70. The molecule has 3 N–H and O–H groups in total. The van der Waals surface area contributed by atoms with Crippen molar-refractivity contribution in [2.75, 3.05) is 12.3 Å². The van der Waals surface area contributed by atoms with Crippen LogP contribution < -0.4 is 10.5 Å². The van der Waals surface area contributed by atoms with Crippen LogP contribution in [0.2, 0.25) is 5.02 Å². The molecule has 21 heavy (non-hydrogen) atoms. The minimum atomic E-state index is -3.70. The number of rotatable bonds is 5. The molecule has 4 nitrogen and oxygen atoms in total. The Morgan fingerprint density at radius 1 is 1.14 bits per heavy atom. The molecule has 0 bridgehead atoms. The minimum Gasteiger partial charge on any atom is -0.396 e. The molecular weight excluding hydrogens is 315 g/mol. The van der Waals surface area contributed by atoms with Crippen molar-refractivity contribution in [1.29, 1.82) is 0 Å². The lowest BCUT2D eigenvalue weighted by atomic mass is 10.2. The van der Waals surface area contributed by atoms with Crippen molar-refractivity contribution in [3.63, 3.8) is 0 Å². The van der Waals surface area contributed by atoms with Gasteiger partial charge in [0, 0.05) is 11.6 Å². The van der Waals surface area contributed by atoms with Crippen LogP contribution in [-0.4, -0.2) is 15.0 Å². The Balaban J connectivity index is 2.01. The summed E-state index contributed by atoms with van der Waals surface area (Å²) in [5.74, 6) is -0.643. The van der Waals surface area contributed by atoms with Gasteiger partial charge in [-0.2, -0.15) is 0 Å². The van der Waals surface area contributed by atoms with Crippen molar-refractivity contribution in [3.05, 3.63) is 58.9 Å². The van der Waals surface area contributed by atoms with Crippen molar-refractivity contribution in [1.82, 2.24) is 4.72 Å². The number of halogens is 2. The zero-order valence-electron chi connectivity index (χ0n) is 11.0. The Bertz CT molecular complexity index is 733. The smallest absolute Gasteiger partial charge is 0.240 e. The van der Waals surface area contributed by atoms with Gasteiger partial charge in [-0.05, 0) is 42.3 Å². The molecule has 0 saturated carbocycles. The molecule has 0 aromatic heterocycles. The van der Waals surface area contributed by atoms with Crippen molar-refractivity contribution < 1.29 is 12.8 Å². The van der Waals surface area contributed by atoms with E-state index in [0.29, 0.717) is 11.4 Å². The highest BCUT2D eigenvalue weighted by molar-refractivity contribution is 7.89. The van der Waals surface area contributed by atoms with E-state index in [1.165, 1.54) is 6.07 Å². The summed E-state index contributed by atoms with van der Waals surface area (Å²) in [5.41, 5.74) is 6.13. The van der Waals surface area contributed by atoms with Gasteiger partial charge in [0.1, 0.15) is 5.82 Å². The fourth-order valence-corrected chi connectivity index (χ4v) is 2.95. The molecule has 0 saturated heterocycles. The number of nitrogens with two attached hydrogens (primary N) is 1. The monoisotopic (exact) mass is 328 g/mol. The van der Waals surface area contributed by atoms with Gasteiger partial charge in [-0.25, -0.2) is 17.5 Å². The Morgan fingerprint density at radius 3 is 2.43 bits per heavy atom. The first-order chi connectivity index (χ1) is 9.88. The predicted octanol–water partition coefficient (Wildman–Crippen LogP) is 2.58. The van der Waals surface area contributed by atoms with Crippen molar-refractivity contribution in [3.8, 4) is 0 Å². The van der Waals surface area contributed by atoms with Crippen LogP contribution in [0, 0.1) is 5.82 Å². The molecule has 0 aliphatic rings. The second kappa shape index (κ2) is 6.43. The van der Waals surface area contributed by atoms with E-state index in [2.05, 4.69) is 4.72 Å². The lowest BCUT2D eigenvalue weighted by Crippen LogP contribution is -2.26. The van der Waals surface area contributed by atoms with Gasteiger partial charge in [-0.15, -0.1) is 0 Å². The summed E-state index contributed by atoms with van der Waals surface area (Å²) in [6.45, 7) is 0.223. The topological polar surface area (TPSA) is 72.2 Å². The first-order valence-corrected chi connectivity index (χ1v) is 8.04. The number of sulfonamides is 1. The molecule has 2 aromatic rings. The molecule has 0 radical (unpaired) electrons. The molecule has 2 rings (SSSR count). The van der Waals surface area contributed by atoms with Gasteiger partial charge in [0.25, 0.3) is 0 Å². The van der Waals surface area contributed by atoms with Crippen LogP contribution in [-0.2, 0) is 16.4 Å². The maximum atomic E-state index is 13.0. The molecule has 0 unspecified atom stereocenters. The molecule has 0 aliphatic heterocycles. The highest BCUT2D eigenvalue weighted by Gasteiger charge is 2.14. The molecule has 2 aromatic carbocycles. The summed E-state index contributed by atoms with van der Waals surface area (Å²) in [6, 6.07) is 10.4. The fraction of sp³-hybridized carbons (Fsp3) is 0.143. The van der Waals surface area contributed by atoms with Crippen LogP contribution in [0.4, 0.5) is 10.1 Å². The van der Waals surface area contributed by atoms with Crippen molar-refractivity contribution in [2.24, 2.45) is 0 Å². The molecule has 0 fully saturated rings. The van der Waals surface area contributed by atoms with Crippen LogP contribution in [0.3, 0.4) is 0 Å². The SMILES string of the molecule is Nc1cc(S(=O)(=O)NCCc2ccc(Cl)cc2)ccc1F.